The fraction of sp³-hybridized carbons (Fsp3) is 0.222. The number of benzene rings is 1. The van der Waals surface area contributed by atoms with Gasteiger partial charge in [-0.25, -0.2) is 4.79 Å². The minimum absolute atomic E-state index is 0.640. The largest absolute Gasteiger partial charge is 0.497 e. The number of hydrogen-bond acceptors (Lipinski definition) is 3. The quantitative estimate of drug-likeness (QED) is 0.595. The Bertz CT molecular complexity index is 310. The molecule has 0 saturated carbocycles. The Kier molecular flexibility index (Phi) is 4.04. The lowest BCUT2D eigenvalue weighted by Crippen LogP contribution is -1.99. The van der Waals surface area contributed by atoms with Crippen molar-refractivity contribution in [2.45, 2.75) is 5.56 Å². The van der Waals surface area contributed by atoms with E-state index in [1.807, 2.05) is 0 Å². The molecule has 0 aromatic heterocycles. The van der Waals surface area contributed by atoms with Crippen LogP contribution in [0.25, 0.3) is 0 Å². The summed E-state index contributed by atoms with van der Waals surface area (Å²) < 4.78 is 9.51. The van der Waals surface area contributed by atoms with Crippen LogP contribution in [-0.4, -0.2) is 12.5 Å². The number of alkyl halides is 1. The van der Waals surface area contributed by atoms with Gasteiger partial charge in [0, 0.05) is 17.2 Å². The van der Waals surface area contributed by atoms with Crippen LogP contribution in [0.4, 0.5) is 4.79 Å². The van der Waals surface area contributed by atoms with Gasteiger partial charge in [0.25, 0.3) is 0 Å². The minimum Gasteiger partial charge on any atom is -0.497 e. The Balaban J connectivity index is 2.71. The first-order valence-electron chi connectivity index (χ1n) is 3.77. The Morgan fingerprint density at radius 3 is 2.36 bits per heavy atom. The molecule has 0 bridgehead atoms. The maximum absolute atomic E-state index is 10.4. The Morgan fingerprint density at radius 2 is 1.93 bits per heavy atom. The molecule has 0 amide bonds. The Hall–Kier alpha value is -0.930. The van der Waals surface area contributed by atoms with E-state index in [2.05, 4.69) is 4.74 Å². The second-order valence-electron chi connectivity index (χ2n) is 2.44. The van der Waals surface area contributed by atoms with Gasteiger partial charge >= 0.3 is 5.43 Å². The van der Waals surface area contributed by atoms with Crippen LogP contribution in [0.2, 0.25) is 0 Å². The third-order valence-corrected chi connectivity index (χ3v) is 2.00. The SMILES string of the molecule is COc1ccc(C(Cl)OC(=O)Cl)cc1. The molecule has 0 aliphatic carbocycles. The number of rotatable bonds is 3. The molecule has 0 radical (unpaired) electrons. The molecule has 1 unspecified atom stereocenters. The molecule has 0 saturated heterocycles. The maximum Gasteiger partial charge on any atom is 0.405 e. The van der Waals surface area contributed by atoms with E-state index < -0.39 is 11.0 Å². The van der Waals surface area contributed by atoms with E-state index in [-0.39, 0.29) is 0 Å². The summed E-state index contributed by atoms with van der Waals surface area (Å²) >= 11 is 10.7. The number of carbonyl (C=O) groups excluding carboxylic acids is 1. The van der Waals surface area contributed by atoms with Crippen molar-refractivity contribution in [1.29, 1.82) is 0 Å². The van der Waals surface area contributed by atoms with Gasteiger partial charge in [-0.1, -0.05) is 23.7 Å². The van der Waals surface area contributed by atoms with Crippen LogP contribution in [0, 0.1) is 0 Å². The van der Waals surface area contributed by atoms with E-state index >= 15 is 0 Å². The summed E-state index contributed by atoms with van der Waals surface area (Å²) in [6.07, 6.45) is 0. The first kappa shape index (κ1) is 11.1. The average molecular weight is 235 g/mol. The van der Waals surface area contributed by atoms with Crippen LogP contribution in [-0.2, 0) is 4.74 Å². The van der Waals surface area contributed by atoms with Crippen LogP contribution in [0.1, 0.15) is 11.1 Å². The van der Waals surface area contributed by atoms with Gasteiger partial charge in [-0.3, -0.25) is 0 Å². The van der Waals surface area contributed by atoms with E-state index in [0.29, 0.717) is 11.3 Å². The summed E-state index contributed by atoms with van der Waals surface area (Å²) in [4.78, 5) is 10.4. The molecule has 5 heteroatoms. The maximum atomic E-state index is 10.4. The lowest BCUT2D eigenvalue weighted by Gasteiger charge is -2.09. The van der Waals surface area contributed by atoms with Gasteiger partial charge in [0.2, 0.25) is 5.56 Å². The van der Waals surface area contributed by atoms with Crippen LogP contribution >= 0.6 is 23.2 Å². The summed E-state index contributed by atoms with van der Waals surface area (Å²) in [6.45, 7) is 0. The molecular weight excluding hydrogens is 227 g/mol. The van der Waals surface area contributed by atoms with E-state index in [0.717, 1.165) is 0 Å². The predicted octanol–water partition coefficient (Wildman–Crippen LogP) is 3.31. The van der Waals surface area contributed by atoms with Gasteiger partial charge in [0.05, 0.1) is 7.11 Å². The molecule has 1 aromatic rings. The molecule has 0 spiro atoms. The summed E-state index contributed by atoms with van der Waals surface area (Å²) in [6, 6.07) is 6.81. The zero-order valence-corrected chi connectivity index (χ0v) is 8.88. The van der Waals surface area contributed by atoms with Crippen molar-refractivity contribution in [2.24, 2.45) is 0 Å². The molecular formula is C9H8Cl2O3. The lowest BCUT2D eigenvalue weighted by molar-refractivity contribution is 0.160. The molecule has 3 nitrogen and oxygen atoms in total. The van der Waals surface area contributed by atoms with Crippen LogP contribution in [0.3, 0.4) is 0 Å². The van der Waals surface area contributed by atoms with E-state index in [9.17, 15) is 4.79 Å². The topological polar surface area (TPSA) is 35.5 Å². The fourth-order valence-corrected chi connectivity index (χ4v) is 1.27. The standard InChI is InChI=1S/C9H8Cl2O3/c1-13-7-4-2-6(3-5-7)8(10)14-9(11)12/h2-5,8H,1H3. The summed E-state index contributed by atoms with van der Waals surface area (Å²) in [5, 5.41) is 0. The van der Waals surface area contributed by atoms with Crippen molar-refractivity contribution in [3.8, 4) is 5.75 Å². The van der Waals surface area contributed by atoms with E-state index in [1.165, 1.54) is 0 Å². The summed E-state index contributed by atoms with van der Waals surface area (Å²) in [5.41, 5.74) is -1.16. The second-order valence-corrected chi connectivity index (χ2v) is 3.15. The van der Waals surface area contributed by atoms with Crippen LogP contribution in [0.15, 0.2) is 24.3 Å². The molecule has 0 fully saturated rings. The molecule has 0 aliphatic heterocycles. The number of ether oxygens (including phenoxy) is 2. The average Bonchev–Trinajstić information content (AvgIpc) is 2.17. The summed E-state index contributed by atoms with van der Waals surface area (Å²) in [7, 11) is 1.56. The zero-order chi connectivity index (χ0) is 10.6. The third-order valence-electron chi connectivity index (χ3n) is 1.57. The molecule has 1 aromatic carbocycles. The van der Waals surface area contributed by atoms with E-state index in [4.69, 9.17) is 27.9 Å². The molecule has 0 aliphatic rings. The second kappa shape index (κ2) is 5.08. The molecule has 0 heterocycles. The van der Waals surface area contributed by atoms with Crippen molar-refractivity contribution in [1.82, 2.24) is 0 Å². The summed E-state index contributed by atoms with van der Waals surface area (Å²) in [5.74, 6) is 0.704. The first-order chi connectivity index (χ1) is 6.63. The number of methoxy groups -OCH3 is 1. The highest BCUT2D eigenvalue weighted by Gasteiger charge is 2.11. The number of hydrogen-bond donors (Lipinski definition) is 0. The third kappa shape index (κ3) is 3.09. The van der Waals surface area contributed by atoms with Gasteiger partial charge in [0.1, 0.15) is 5.75 Å². The van der Waals surface area contributed by atoms with E-state index in [1.54, 1.807) is 31.4 Å². The normalized spacial score (nSPS) is 11.9. The molecule has 1 rings (SSSR count). The smallest absolute Gasteiger partial charge is 0.405 e. The highest BCUT2D eigenvalue weighted by atomic mass is 35.5. The van der Waals surface area contributed by atoms with Gasteiger partial charge in [-0.2, -0.15) is 0 Å². The van der Waals surface area contributed by atoms with Gasteiger partial charge < -0.3 is 9.47 Å². The van der Waals surface area contributed by atoms with Crippen molar-refractivity contribution in [2.75, 3.05) is 7.11 Å². The Labute approximate surface area is 91.5 Å². The highest BCUT2D eigenvalue weighted by Crippen LogP contribution is 2.24. The minimum atomic E-state index is -0.930. The van der Waals surface area contributed by atoms with Gasteiger partial charge in [-0.05, 0) is 12.1 Å². The molecule has 1 atom stereocenters. The predicted molar refractivity (Wildman–Crippen MR) is 53.9 cm³/mol. The molecule has 0 N–H and O–H groups in total. The highest BCUT2D eigenvalue weighted by molar-refractivity contribution is 6.61. The van der Waals surface area contributed by atoms with Crippen molar-refractivity contribution in [3.05, 3.63) is 29.8 Å². The van der Waals surface area contributed by atoms with Crippen molar-refractivity contribution >= 4 is 28.6 Å². The monoisotopic (exact) mass is 234 g/mol. The van der Waals surface area contributed by atoms with Gasteiger partial charge in [-0.15, -0.1) is 0 Å². The van der Waals surface area contributed by atoms with Crippen molar-refractivity contribution in [3.63, 3.8) is 0 Å². The Morgan fingerprint density at radius 1 is 1.36 bits per heavy atom. The van der Waals surface area contributed by atoms with Gasteiger partial charge in [0.15, 0.2) is 0 Å². The fourth-order valence-electron chi connectivity index (χ4n) is 0.905. The van der Waals surface area contributed by atoms with Crippen LogP contribution < -0.4 is 4.74 Å². The lowest BCUT2D eigenvalue weighted by atomic mass is 10.2. The number of halogens is 2. The van der Waals surface area contributed by atoms with Crippen LogP contribution in [0.5, 0.6) is 5.75 Å². The number of carbonyl (C=O) groups is 1. The van der Waals surface area contributed by atoms with Crippen molar-refractivity contribution < 1.29 is 14.3 Å². The molecule has 14 heavy (non-hydrogen) atoms. The zero-order valence-electron chi connectivity index (χ0n) is 7.37. The molecule has 76 valence electrons. The first-order valence-corrected chi connectivity index (χ1v) is 4.59.